The number of halogens is 1. The number of carbonyl (C=O) groups is 2. The summed E-state index contributed by atoms with van der Waals surface area (Å²) >= 11 is 3.34. The lowest BCUT2D eigenvalue weighted by molar-refractivity contribution is -0.127. The van der Waals surface area contributed by atoms with Crippen LogP contribution < -0.4 is 10.6 Å². The zero-order chi connectivity index (χ0) is 14.4. The van der Waals surface area contributed by atoms with Gasteiger partial charge >= 0.3 is 0 Å². The number of amides is 2. The van der Waals surface area contributed by atoms with Gasteiger partial charge in [-0.15, -0.1) is 0 Å². The van der Waals surface area contributed by atoms with Gasteiger partial charge in [0.2, 0.25) is 11.8 Å². The number of rotatable bonds is 4. The van der Waals surface area contributed by atoms with Gasteiger partial charge in [-0.05, 0) is 31.0 Å². The number of anilines is 1. The predicted molar refractivity (Wildman–Crippen MR) is 82.4 cm³/mol. The molecule has 0 heterocycles. The van der Waals surface area contributed by atoms with Crippen LogP contribution in [0.1, 0.15) is 38.5 Å². The van der Waals surface area contributed by atoms with Gasteiger partial charge in [-0.25, -0.2) is 0 Å². The van der Waals surface area contributed by atoms with Crippen molar-refractivity contribution in [2.45, 2.75) is 44.6 Å². The van der Waals surface area contributed by atoms with E-state index in [0.29, 0.717) is 5.69 Å². The molecule has 1 aromatic carbocycles. The molecule has 1 aromatic rings. The summed E-state index contributed by atoms with van der Waals surface area (Å²) < 4.78 is 0.891. The zero-order valence-corrected chi connectivity index (χ0v) is 12.9. The van der Waals surface area contributed by atoms with Crippen molar-refractivity contribution in [3.8, 4) is 0 Å². The maximum absolute atomic E-state index is 11.8. The first kappa shape index (κ1) is 15.0. The number of carbonyl (C=O) groups excluding carboxylic acids is 2. The van der Waals surface area contributed by atoms with Crippen LogP contribution in [0.5, 0.6) is 0 Å². The number of hydrogen-bond acceptors (Lipinski definition) is 2. The van der Waals surface area contributed by atoms with Crippen molar-refractivity contribution in [1.29, 1.82) is 0 Å². The second-order valence-corrected chi connectivity index (χ2v) is 6.05. The first-order valence-corrected chi connectivity index (χ1v) is 7.77. The third-order valence-corrected chi connectivity index (χ3v) is 3.89. The fourth-order valence-electron chi connectivity index (χ4n) is 2.44. The monoisotopic (exact) mass is 338 g/mol. The molecule has 0 aromatic heterocycles. The van der Waals surface area contributed by atoms with Crippen LogP contribution in [-0.2, 0) is 9.59 Å². The second kappa shape index (κ2) is 7.43. The summed E-state index contributed by atoms with van der Waals surface area (Å²) in [5.41, 5.74) is 0.690. The van der Waals surface area contributed by atoms with Gasteiger partial charge in [-0.1, -0.05) is 41.3 Å². The van der Waals surface area contributed by atoms with Crippen LogP contribution in [0, 0.1) is 0 Å². The molecule has 0 radical (unpaired) electrons. The van der Waals surface area contributed by atoms with E-state index in [0.717, 1.165) is 30.2 Å². The molecule has 20 heavy (non-hydrogen) atoms. The van der Waals surface area contributed by atoms with E-state index in [-0.39, 0.29) is 24.3 Å². The highest BCUT2D eigenvalue weighted by Crippen LogP contribution is 2.18. The fraction of sp³-hybridized carbons (Fsp3) is 0.467. The third-order valence-electron chi connectivity index (χ3n) is 3.40. The van der Waals surface area contributed by atoms with E-state index in [1.54, 1.807) is 12.1 Å². The van der Waals surface area contributed by atoms with Crippen LogP contribution in [0.3, 0.4) is 0 Å². The minimum atomic E-state index is -0.281. The van der Waals surface area contributed by atoms with Crippen molar-refractivity contribution in [2.75, 3.05) is 5.32 Å². The Bertz CT molecular complexity index is 485. The van der Waals surface area contributed by atoms with Crippen molar-refractivity contribution in [1.82, 2.24) is 5.32 Å². The maximum Gasteiger partial charge on any atom is 0.233 e. The summed E-state index contributed by atoms with van der Waals surface area (Å²) in [6.45, 7) is 0. The van der Waals surface area contributed by atoms with Crippen LogP contribution in [0.4, 0.5) is 5.69 Å². The highest BCUT2D eigenvalue weighted by molar-refractivity contribution is 9.10. The topological polar surface area (TPSA) is 58.2 Å². The van der Waals surface area contributed by atoms with Crippen LogP contribution in [0.25, 0.3) is 0 Å². The van der Waals surface area contributed by atoms with Gasteiger partial charge < -0.3 is 10.6 Å². The minimum Gasteiger partial charge on any atom is -0.353 e. The molecular weight excluding hydrogens is 320 g/mol. The molecule has 0 spiro atoms. The van der Waals surface area contributed by atoms with Crippen molar-refractivity contribution in [2.24, 2.45) is 0 Å². The SMILES string of the molecule is O=C(CC(=O)NC1CCCCC1)Nc1cccc(Br)c1. The number of nitrogens with one attached hydrogen (secondary N) is 2. The molecule has 0 bridgehead atoms. The third kappa shape index (κ3) is 4.96. The molecule has 2 N–H and O–H groups in total. The van der Waals surface area contributed by atoms with E-state index < -0.39 is 0 Å². The largest absolute Gasteiger partial charge is 0.353 e. The van der Waals surface area contributed by atoms with Gasteiger partial charge in [0.1, 0.15) is 6.42 Å². The summed E-state index contributed by atoms with van der Waals surface area (Å²) in [6.07, 6.45) is 5.50. The highest BCUT2D eigenvalue weighted by atomic mass is 79.9. The van der Waals surface area contributed by atoms with Crippen LogP contribution in [0.2, 0.25) is 0 Å². The lowest BCUT2D eigenvalue weighted by Gasteiger charge is -2.22. The molecule has 1 aliphatic carbocycles. The Morgan fingerprint density at radius 1 is 1.15 bits per heavy atom. The van der Waals surface area contributed by atoms with Gasteiger partial charge in [0, 0.05) is 16.2 Å². The molecule has 0 atom stereocenters. The van der Waals surface area contributed by atoms with Crippen molar-refractivity contribution in [3.05, 3.63) is 28.7 Å². The van der Waals surface area contributed by atoms with E-state index in [1.165, 1.54) is 6.42 Å². The summed E-state index contributed by atoms with van der Waals surface area (Å²) in [7, 11) is 0. The standard InChI is InChI=1S/C15H19BrN2O2/c16-11-5-4-8-13(9-11)18-15(20)10-14(19)17-12-6-2-1-3-7-12/h4-5,8-9,12H,1-3,6-7,10H2,(H,17,19)(H,18,20). The first-order chi connectivity index (χ1) is 9.63. The van der Waals surface area contributed by atoms with Gasteiger partial charge in [0.15, 0.2) is 0 Å². The van der Waals surface area contributed by atoms with E-state index >= 15 is 0 Å². The Labute approximate surface area is 127 Å². The van der Waals surface area contributed by atoms with Crippen molar-refractivity contribution in [3.63, 3.8) is 0 Å². The fourth-order valence-corrected chi connectivity index (χ4v) is 2.84. The van der Waals surface area contributed by atoms with Gasteiger partial charge in [-0.2, -0.15) is 0 Å². The number of hydrogen-bond donors (Lipinski definition) is 2. The molecule has 1 fully saturated rings. The molecule has 2 rings (SSSR count). The second-order valence-electron chi connectivity index (χ2n) is 5.14. The van der Waals surface area contributed by atoms with Gasteiger partial charge in [0.05, 0.1) is 0 Å². The molecule has 5 heteroatoms. The molecule has 0 saturated heterocycles. The molecule has 1 saturated carbocycles. The molecule has 0 unspecified atom stereocenters. The average molecular weight is 339 g/mol. The zero-order valence-electron chi connectivity index (χ0n) is 11.3. The van der Waals surface area contributed by atoms with Crippen LogP contribution in [-0.4, -0.2) is 17.9 Å². The van der Waals surface area contributed by atoms with Crippen molar-refractivity contribution >= 4 is 33.4 Å². The molecule has 4 nitrogen and oxygen atoms in total. The lowest BCUT2D eigenvalue weighted by atomic mass is 9.95. The normalized spacial score (nSPS) is 15.7. The van der Waals surface area contributed by atoms with Gasteiger partial charge in [-0.3, -0.25) is 9.59 Å². The smallest absolute Gasteiger partial charge is 0.233 e. The Morgan fingerprint density at radius 3 is 2.60 bits per heavy atom. The summed E-state index contributed by atoms with van der Waals surface area (Å²) in [4.78, 5) is 23.6. The molecule has 1 aliphatic rings. The van der Waals surface area contributed by atoms with E-state index in [2.05, 4.69) is 26.6 Å². The van der Waals surface area contributed by atoms with E-state index in [9.17, 15) is 9.59 Å². The van der Waals surface area contributed by atoms with E-state index in [4.69, 9.17) is 0 Å². The Morgan fingerprint density at radius 2 is 1.90 bits per heavy atom. The minimum absolute atomic E-state index is 0.122. The molecule has 0 aliphatic heterocycles. The van der Waals surface area contributed by atoms with Gasteiger partial charge in [0.25, 0.3) is 0 Å². The van der Waals surface area contributed by atoms with Crippen LogP contribution in [0.15, 0.2) is 28.7 Å². The van der Waals surface area contributed by atoms with E-state index in [1.807, 2.05) is 12.1 Å². The quantitative estimate of drug-likeness (QED) is 0.828. The van der Waals surface area contributed by atoms with Crippen LogP contribution >= 0.6 is 15.9 Å². The highest BCUT2D eigenvalue weighted by Gasteiger charge is 2.17. The first-order valence-electron chi connectivity index (χ1n) is 6.98. The Balaban J connectivity index is 1.77. The Hall–Kier alpha value is -1.36. The summed E-state index contributed by atoms with van der Waals surface area (Å²) in [5.74, 6) is -0.471. The van der Waals surface area contributed by atoms with Crippen molar-refractivity contribution < 1.29 is 9.59 Å². The Kier molecular flexibility index (Phi) is 5.59. The molecule has 2 amide bonds. The molecular formula is C15H19BrN2O2. The summed E-state index contributed by atoms with van der Waals surface area (Å²) in [5, 5.41) is 5.66. The summed E-state index contributed by atoms with van der Waals surface area (Å²) in [6, 6.07) is 7.56. The number of benzene rings is 1. The lowest BCUT2D eigenvalue weighted by Crippen LogP contribution is -2.37. The molecule has 108 valence electrons. The average Bonchev–Trinajstić information content (AvgIpc) is 2.39. The predicted octanol–water partition coefficient (Wildman–Crippen LogP) is 3.23. The maximum atomic E-state index is 11.8.